The molecule has 0 radical (unpaired) electrons. The molecule has 0 unspecified atom stereocenters. The number of benzene rings is 3. The minimum atomic E-state index is -4.71. The topological polar surface area (TPSA) is 486 Å². The van der Waals surface area contributed by atoms with E-state index in [1.54, 1.807) is 92.9 Å². The number of aliphatic hydroxyl groups is 6. The number of hydrogen-bond acceptors (Lipinski definition) is 29. The molecule has 2 saturated carbocycles. The number of nitrogens with two attached hydrogens (primary N) is 1. The fourth-order valence-electron chi connectivity index (χ4n) is 14.0. The first-order valence-corrected chi connectivity index (χ1v) is 39.8. The highest BCUT2D eigenvalue weighted by atomic mass is 32.2. The molecular weight excluding hydrogens is 1480 g/mol. The van der Waals surface area contributed by atoms with Crippen molar-refractivity contribution in [3.05, 3.63) is 119 Å². The molecule has 3 aromatic rings. The van der Waals surface area contributed by atoms with E-state index in [1.165, 1.54) is 76.5 Å². The number of rotatable bonds is 24. The summed E-state index contributed by atoms with van der Waals surface area (Å²) in [6.07, 6.45) is -14.1. The molecule has 0 aromatic heterocycles. The van der Waals surface area contributed by atoms with Gasteiger partial charge in [0.15, 0.2) is 17.5 Å². The highest BCUT2D eigenvalue weighted by Crippen LogP contribution is 2.41. The molecule has 0 bridgehead atoms. The molecule has 108 heavy (non-hydrogen) atoms. The monoisotopic (exact) mass is 1590 g/mol. The van der Waals surface area contributed by atoms with Crippen molar-refractivity contribution in [1.82, 2.24) is 34.6 Å². The second-order valence-corrected chi connectivity index (χ2v) is 36.1. The van der Waals surface area contributed by atoms with Gasteiger partial charge in [0.05, 0.1) is 83.4 Å². The van der Waals surface area contributed by atoms with Gasteiger partial charge in [-0.05, 0) is 149 Å². The van der Waals surface area contributed by atoms with E-state index in [0.717, 1.165) is 20.7 Å². The standard InChI is InChI=1S/C38H55N5O15S2.C32H52N4O11S/c1-22-19-26(41-59(50,51)28-16-12-11-15-27(28)43(48)49)32(29(44)31(22)56-34-25(18-17-23(55-34)20-39-6)40-36(46)58-37(2,3)4)57-35-30(45)33(38(5,47)21-54-35)42(7)60(52,53)24-13-9-8-10-14-24;1-18-15-21(33)26(23(37)25(18)45-28-22(14-13-19(44-28)16-34-6)35-30(39)47-31(2,3)4)46-29-24(38)27(32(5,40)17-43-29)36(7)48(41,42)20-11-9-8-10-12-20/h8-17,22,25-26,29-35,39,41,44-45,47H,18-21H2,1-7H3,(H,40,46);8-13,18,21-29,34,37-38,40H,14-17,33H2,1-7H3,(H,35,39)/t22-,25+,26+,29-,30+,31+,32-,33+,34+,35+,38-;18-,21+,22+,23-,24+,25+,26-,27+,28+,29+,32-/m00/s1. The van der Waals surface area contributed by atoms with Gasteiger partial charge in [-0.2, -0.15) is 8.61 Å². The van der Waals surface area contributed by atoms with E-state index in [4.69, 9.17) is 53.1 Å². The van der Waals surface area contributed by atoms with Gasteiger partial charge >= 0.3 is 12.2 Å². The summed E-state index contributed by atoms with van der Waals surface area (Å²) in [5.74, 6) is 0.0817. The third-order valence-corrected chi connectivity index (χ3v) is 24.3. The number of para-hydroxylation sites is 1. The van der Waals surface area contributed by atoms with Gasteiger partial charge in [-0.25, -0.2) is 39.6 Å². The maximum absolute atomic E-state index is 13.9. The van der Waals surface area contributed by atoms with Crippen LogP contribution >= 0.6 is 0 Å². The predicted octanol–water partition coefficient (Wildman–Crippen LogP) is 1.70. The smallest absolute Gasteiger partial charge is 0.408 e. The molecule has 4 aliphatic heterocycles. The Bertz CT molecular complexity index is 3950. The van der Waals surface area contributed by atoms with Gasteiger partial charge in [-0.15, -0.1) is 0 Å². The molecule has 4 heterocycles. The van der Waals surface area contributed by atoms with Crippen LogP contribution in [0.2, 0.25) is 0 Å². The Morgan fingerprint density at radius 3 is 1.37 bits per heavy atom. The lowest BCUT2D eigenvalue weighted by molar-refractivity contribution is -0.387. The van der Waals surface area contributed by atoms with Crippen LogP contribution in [0.3, 0.4) is 0 Å². The number of alkyl carbamates (subject to hydrolysis) is 2. The number of likely N-dealkylation sites (N-methyl/N-ethyl adjacent to an activating group) is 4. The molecule has 2 aliphatic carbocycles. The van der Waals surface area contributed by atoms with Crippen molar-refractivity contribution in [3.63, 3.8) is 0 Å². The van der Waals surface area contributed by atoms with Crippen molar-refractivity contribution in [2.24, 2.45) is 17.6 Å². The number of nitro benzene ring substituents is 1. The zero-order chi connectivity index (χ0) is 80.0. The number of sulfonamides is 3. The van der Waals surface area contributed by atoms with E-state index in [-0.39, 0.29) is 35.2 Å². The Morgan fingerprint density at radius 1 is 0.583 bits per heavy atom. The Kier molecular flexibility index (Phi) is 28.9. The van der Waals surface area contributed by atoms with Crippen LogP contribution in [0.15, 0.2) is 123 Å². The van der Waals surface area contributed by atoms with Gasteiger partial charge in [0.25, 0.3) is 5.69 Å². The first-order chi connectivity index (χ1) is 50.3. The lowest BCUT2D eigenvalue weighted by Crippen LogP contribution is -2.68. The third-order valence-electron chi connectivity index (χ3n) is 19.1. The summed E-state index contributed by atoms with van der Waals surface area (Å²) in [4.78, 5) is 35.7. The predicted molar refractivity (Wildman–Crippen MR) is 387 cm³/mol. The lowest BCUT2D eigenvalue weighted by Gasteiger charge is -2.50. The van der Waals surface area contributed by atoms with Crippen LogP contribution in [0.1, 0.15) is 94.9 Å². The van der Waals surface area contributed by atoms with E-state index >= 15 is 0 Å². The van der Waals surface area contributed by atoms with Crippen LogP contribution in [-0.2, 0) is 77.4 Å². The zero-order valence-corrected chi connectivity index (χ0v) is 65.4. The van der Waals surface area contributed by atoms with Crippen molar-refractivity contribution < 1.29 is 118 Å². The number of hydrogen-bond donors (Lipinski definition) is 12. The molecule has 35 nitrogen and oxygen atoms in total. The lowest BCUT2D eigenvalue weighted by atomic mass is 9.80. The number of carbonyl (C=O) groups is 2. The fourth-order valence-corrected chi connectivity index (χ4v) is 18.4. The highest BCUT2D eigenvalue weighted by Gasteiger charge is 2.57. The number of carbonyl (C=O) groups excluding carboxylic acids is 2. The van der Waals surface area contributed by atoms with Crippen molar-refractivity contribution in [2.45, 2.75) is 242 Å². The van der Waals surface area contributed by atoms with Gasteiger partial charge in [0.2, 0.25) is 42.6 Å². The largest absolute Gasteiger partial charge is 0.466 e. The van der Waals surface area contributed by atoms with Crippen molar-refractivity contribution in [1.29, 1.82) is 0 Å². The Morgan fingerprint density at radius 2 is 0.963 bits per heavy atom. The zero-order valence-electron chi connectivity index (χ0n) is 62.9. The SMILES string of the molecule is CNCC1=CC[C@@H](NC(=O)OC(C)(C)C)[C@@H](O[C@H]2[C@H](O)[C@@H](O[C@H]3OC[C@](C)(O)[C@H](N(C)S(=O)(=O)c4ccccc4)[C@H]3O)[C@H](N)C[C@@H]2C)O1.CNCC1=CC[C@@H](NC(=O)OC(C)(C)C)[C@@H](O[C@H]2[C@H](O)[C@@H](O[C@H]3OC[C@](C)(O)[C@H](N(C)S(=O)(=O)c4ccccc4)[C@H]3O)[C@H](NS(=O)(=O)c3ccccc3[N+](=O)[O-])C[C@@H]2C)O1. The fraction of sp³-hybridized carbons (Fsp3) is 0.657. The summed E-state index contributed by atoms with van der Waals surface area (Å²) in [7, 11) is -7.28. The minimum Gasteiger partial charge on any atom is -0.466 e. The maximum Gasteiger partial charge on any atom is 0.408 e. The van der Waals surface area contributed by atoms with Crippen molar-refractivity contribution in [3.8, 4) is 0 Å². The van der Waals surface area contributed by atoms with E-state index in [9.17, 15) is 75.6 Å². The normalized spacial score (nSPS) is 33.6. The second kappa shape index (κ2) is 35.7. The van der Waals surface area contributed by atoms with Crippen LogP contribution < -0.4 is 31.7 Å². The van der Waals surface area contributed by atoms with E-state index in [2.05, 4.69) is 26.0 Å². The van der Waals surface area contributed by atoms with Crippen LogP contribution in [0.4, 0.5) is 15.3 Å². The Balaban J connectivity index is 0.000000279. The molecule has 22 atom stereocenters. The van der Waals surface area contributed by atoms with E-state index in [1.807, 2.05) is 13.0 Å². The van der Waals surface area contributed by atoms with Crippen LogP contribution in [0, 0.1) is 22.0 Å². The molecule has 13 N–H and O–H groups in total. The molecular formula is C70H107N9O26S3. The first kappa shape index (κ1) is 87.4. The number of nitro groups is 1. The van der Waals surface area contributed by atoms with Gasteiger partial charge in [0.1, 0.15) is 70.5 Å². The number of aliphatic hydroxyl groups excluding tert-OH is 4. The van der Waals surface area contributed by atoms with Gasteiger partial charge in [-0.3, -0.25) is 10.1 Å². The van der Waals surface area contributed by atoms with Crippen LogP contribution in [0.5, 0.6) is 0 Å². The molecule has 606 valence electrons. The van der Waals surface area contributed by atoms with Crippen molar-refractivity contribution in [2.75, 3.05) is 54.5 Å². The minimum absolute atomic E-state index is 0.0183. The maximum atomic E-state index is 13.9. The molecule has 6 aliphatic rings. The summed E-state index contributed by atoms with van der Waals surface area (Å²) in [5.41, 5.74) is 0.420. The average molecular weight is 1590 g/mol. The quantitative estimate of drug-likeness (QED) is 0.0448. The van der Waals surface area contributed by atoms with Gasteiger partial charge < -0.3 is 105 Å². The van der Waals surface area contributed by atoms with Gasteiger partial charge in [0, 0.05) is 26.2 Å². The number of amides is 2. The summed E-state index contributed by atoms with van der Waals surface area (Å²) >= 11 is 0. The Labute approximate surface area is 630 Å². The van der Waals surface area contributed by atoms with E-state index in [0.29, 0.717) is 37.4 Å². The summed E-state index contributed by atoms with van der Waals surface area (Å²) in [5, 5.41) is 93.1. The number of nitrogens with zero attached hydrogens (tertiary/aromatic N) is 3. The average Bonchev–Trinajstić information content (AvgIpc) is 0.757. The van der Waals surface area contributed by atoms with Crippen LogP contribution in [0.25, 0.3) is 0 Å². The molecule has 9 rings (SSSR count). The number of nitrogens with one attached hydrogen (secondary N) is 5. The first-order valence-electron chi connectivity index (χ1n) is 35.4. The molecule has 3 aromatic carbocycles. The second-order valence-electron chi connectivity index (χ2n) is 30.4. The van der Waals surface area contributed by atoms with Crippen molar-refractivity contribution >= 4 is 47.9 Å². The molecule has 2 saturated heterocycles. The summed E-state index contributed by atoms with van der Waals surface area (Å²) in [6.45, 7) is 16.2. The van der Waals surface area contributed by atoms with Crippen LogP contribution in [-0.4, -0.2) is 269 Å². The summed E-state index contributed by atoms with van der Waals surface area (Å²) < 4.78 is 146. The molecule has 38 heteroatoms. The van der Waals surface area contributed by atoms with Gasteiger partial charge in [-0.1, -0.05) is 62.4 Å². The molecule has 0 spiro atoms. The number of ether oxygens (including phenoxy) is 10. The molecule has 4 fully saturated rings. The molecule has 2 amide bonds. The highest BCUT2D eigenvalue weighted by molar-refractivity contribution is 7.90. The third kappa shape index (κ3) is 21.3. The Hall–Kier alpha value is -6.19. The van der Waals surface area contributed by atoms with E-state index < -0.39 is 203 Å². The summed E-state index contributed by atoms with van der Waals surface area (Å²) in [6, 6.07) is 13.1.